The van der Waals surface area contributed by atoms with Gasteiger partial charge < -0.3 is 0 Å². The number of rotatable bonds is 3. The highest BCUT2D eigenvalue weighted by molar-refractivity contribution is 6.68. The van der Waals surface area contributed by atoms with E-state index in [0.717, 1.165) is 4.90 Å². The van der Waals surface area contributed by atoms with Crippen molar-refractivity contribution in [3.05, 3.63) is 30.3 Å². The van der Waals surface area contributed by atoms with Gasteiger partial charge in [-0.2, -0.15) is 0 Å². The van der Waals surface area contributed by atoms with Gasteiger partial charge in [-0.1, -0.05) is 53.0 Å². The predicted octanol–water partition coefficient (Wildman–Crippen LogP) is 2.40. The number of alkyl halides is 3. The summed E-state index contributed by atoms with van der Waals surface area (Å²) in [5, 5.41) is 2.70. The zero-order valence-electron chi connectivity index (χ0n) is 11.8. The Morgan fingerprint density at radius 3 is 2.27 bits per heavy atom. The number of carbonyl (C=O) groups is 2. The summed E-state index contributed by atoms with van der Waals surface area (Å²) < 4.78 is -1.77. The number of benzene rings is 1. The lowest BCUT2D eigenvalue weighted by Gasteiger charge is -2.22. The average molecular weight is 364 g/mol. The van der Waals surface area contributed by atoms with Gasteiger partial charge in [0, 0.05) is 7.05 Å². The number of aliphatic imine (C=N–C) groups is 1. The average Bonchev–Trinajstić information content (AvgIpc) is 2.68. The van der Waals surface area contributed by atoms with Gasteiger partial charge in [0.1, 0.15) is 6.17 Å². The van der Waals surface area contributed by atoms with E-state index in [2.05, 4.69) is 10.3 Å². The van der Waals surface area contributed by atoms with E-state index in [1.54, 1.807) is 30.3 Å². The normalized spacial score (nSPS) is 19.2. The zero-order valence-corrected chi connectivity index (χ0v) is 14.0. The van der Waals surface area contributed by atoms with Crippen LogP contribution < -0.4 is 10.2 Å². The standard InChI is InChI=1S/C13H13Cl3N4O2/c1-17-11(13(14,15)16)18-9-10(21)19(2)12(22)20(9)8-6-4-3-5-7-8/h3-7,11,17H,1-2H3/b18-9-. The maximum atomic E-state index is 12.3. The van der Waals surface area contributed by atoms with Crippen molar-refractivity contribution < 1.29 is 9.59 Å². The van der Waals surface area contributed by atoms with Gasteiger partial charge in [-0.25, -0.2) is 14.7 Å². The number of amidine groups is 1. The molecular formula is C13H13Cl3N4O2. The third-order valence-corrected chi connectivity index (χ3v) is 3.66. The largest absolute Gasteiger partial charge is 0.337 e. The molecule has 0 aromatic heterocycles. The highest BCUT2D eigenvalue weighted by atomic mass is 35.6. The number of urea groups is 1. The molecular weight excluding hydrogens is 351 g/mol. The minimum absolute atomic E-state index is 0.107. The van der Waals surface area contributed by atoms with Crippen LogP contribution in [0.1, 0.15) is 0 Å². The molecule has 1 aliphatic rings. The molecule has 1 aliphatic heterocycles. The summed E-state index contributed by atoms with van der Waals surface area (Å²) >= 11 is 17.5. The molecule has 0 radical (unpaired) electrons. The van der Waals surface area contributed by atoms with Crippen LogP contribution in [-0.2, 0) is 4.79 Å². The van der Waals surface area contributed by atoms with Crippen molar-refractivity contribution in [2.45, 2.75) is 9.96 Å². The summed E-state index contributed by atoms with van der Waals surface area (Å²) in [5.74, 6) is -0.673. The van der Waals surface area contributed by atoms with Gasteiger partial charge in [0.05, 0.1) is 5.69 Å². The second-order valence-electron chi connectivity index (χ2n) is 4.50. The van der Waals surface area contributed by atoms with Crippen LogP contribution in [0.2, 0.25) is 0 Å². The highest BCUT2D eigenvalue weighted by Gasteiger charge is 2.43. The fourth-order valence-electron chi connectivity index (χ4n) is 1.92. The Morgan fingerprint density at radius 1 is 1.18 bits per heavy atom. The van der Waals surface area contributed by atoms with Crippen molar-refractivity contribution in [2.24, 2.45) is 4.99 Å². The maximum Gasteiger partial charge on any atom is 0.337 e. The molecule has 0 bridgehead atoms. The first kappa shape index (κ1) is 17.0. The fraction of sp³-hybridized carbons (Fsp3) is 0.308. The van der Waals surface area contributed by atoms with Gasteiger partial charge in [0.2, 0.25) is 9.63 Å². The summed E-state index contributed by atoms with van der Waals surface area (Å²) in [6, 6.07) is 8.13. The number of nitrogens with one attached hydrogen (secondary N) is 1. The molecule has 1 aromatic carbocycles. The Bertz CT molecular complexity index is 615. The lowest BCUT2D eigenvalue weighted by atomic mass is 10.3. The van der Waals surface area contributed by atoms with E-state index in [9.17, 15) is 9.59 Å². The second-order valence-corrected chi connectivity index (χ2v) is 6.87. The van der Waals surface area contributed by atoms with E-state index in [0.29, 0.717) is 5.69 Å². The van der Waals surface area contributed by atoms with Crippen LogP contribution in [0, 0.1) is 0 Å². The van der Waals surface area contributed by atoms with Crippen LogP contribution in [0.5, 0.6) is 0 Å². The van der Waals surface area contributed by atoms with Gasteiger partial charge in [-0.05, 0) is 19.2 Å². The molecule has 0 spiro atoms. The van der Waals surface area contributed by atoms with Crippen LogP contribution >= 0.6 is 34.8 Å². The number of likely N-dealkylation sites (N-methyl/N-ethyl adjacent to an activating group) is 1. The Hall–Kier alpha value is -1.34. The van der Waals surface area contributed by atoms with Crippen molar-refractivity contribution in [3.63, 3.8) is 0 Å². The Labute approximate surface area is 142 Å². The van der Waals surface area contributed by atoms with Crippen LogP contribution in [0.15, 0.2) is 35.3 Å². The van der Waals surface area contributed by atoms with E-state index < -0.39 is 21.9 Å². The summed E-state index contributed by atoms with van der Waals surface area (Å²) in [5.41, 5.74) is 0.503. The molecule has 9 heteroatoms. The number of hydrogen-bond donors (Lipinski definition) is 1. The predicted molar refractivity (Wildman–Crippen MR) is 87.7 cm³/mol. The summed E-state index contributed by atoms with van der Waals surface area (Å²) in [7, 11) is 2.90. The van der Waals surface area contributed by atoms with E-state index in [4.69, 9.17) is 34.8 Å². The first-order valence-electron chi connectivity index (χ1n) is 6.26. The summed E-state index contributed by atoms with van der Waals surface area (Å²) in [6.07, 6.45) is -0.984. The van der Waals surface area contributed by atoms with Crippen molar-refractivity contribution in [1.29, 1.82) is 0 Å². The van der Waals surface area contributed by atoms with Crippen molar-refractivity contribution in [2.75, 3.05) is 19.0 Å². The Balaban J connectivity index is 2.50. The molecule has 6 nitrogen and oxygen atoms in total. The molecule has 2 rings (SSSR count). The minimum atomic E-state index is -1.77. The van der Waals surface area contributed by atoms with Crippen molar-refractivity contribution in [1.82, 2.24) is 10.2 Å². The molecule has 22 heavy (non-hydrogen) atoms. The quantitative estimate of drug-likeness (QED) is 0.662. The maximum absolute atomic E-state index is 12.3. The monoisotopic (exact) mass is 362 g/mol. The van der Waals surface area contributed by atoms with Gasteiger partial charge in [-0.15, -0.1) is 0 Å². The topological polar surface area (TPSA) is 65.0 Å². The highest BCUT2D eigenvalue weighted by Crippen LogP contribution is 2.32. The molecule has 0 aliphatic carbocycles. The van der Waals surface area contributed by atoms with Crippen LogP contribution in [0.25, 0.3) is 0 Å². The third-order valence-electron chi connectivity index (χ3n) is 3.04. The first-order chi connectivity index (χ1) is 10.3. The third kappa shape index (κ3) is 3.20. The van der Waals surface area contributed by atoms with Crippen LogP contribution in [0.3, 0.4) is 0 Å². The SMILES string of the molecule is CNC(/N=C1/C(=O)N(C)C(=O)N1c1ccccc1)C(Cl)(Cl)Cl. The zero-order chi connectivity index (χ0) is 16.5. The Morgan fingerprint density at radius 2 is 1.77 bits per heavy atom. The van der Waals surface area contributed by atoms with Gasteiger partial charge in [0.25, 0.3) is 5.91 Å². The first-order valence-corrected chi connectivity index (χ1v) is 7.39. The van der Waals surface area contributed by atoms with E-state index in [-0.39, 0.29) is 5.84 Å². The molecule has 1 fully saturated rings. The number of imide groups is 1. The van der Waals surface area contributed by atoms with Crippen molar-refractivity contribution in [3.8, 4) is 0 Å². The molecule has 118 valence electrons. The molecule has 1 N–H and O–H groups in total. The molecule has 1 saturated heterocycles. The molecule has 1 heterocycles. The molecule has 3 amide bonds. The minimum Gasteiger partial charge on any atom is -0.295 e. The smallest absolute Gasteiger partial charge is 0.295 e. The summed E-state index contributed by atoms with van der Waals surface area (Å²) in [4.78, 5) is 30.8. The second kappa shape index (κ2) is 6.42. The number of carbonyl (C=O) groups excluding carboxylic acids is 2. The fourth-order valence-corrected chi connectivity index (χ4v) is 2.39. The van der Waals surface area contributed by atoms with Gasteiger partial charge in [-0.3, -0.25) is 15.0 Å². The number of hydrogen-bond acceptors (Lipinski definition) is 4. The van der Waals surface area contributed by atoms with E-state index in [1.165, 1.54) is 19.0 Å². The number of para-hydroxylation sites is 1. The lowest BCUT2D eigenvalue weighted by Crippen LogP contribution is -2.40. The van der Waals surface area contributed by atoms with E-state index in [1.807, 2.05) is 0 Å². The molecule has 1 unspecified atom stereocenters. The summed E-state index contributed by atoms with van der Waals surface area (Å²) in [6.45, 7) is 0. The molecule has 0 saturated carbocycles. The molecule has 1 aromatic rings. The van der Waals surface area contributed by atoms with Gasteiger partial charge in [0.15, 0.2) is 0 Å². The number of anilines is 1. The van der Waals surface area contributed by atoms with Crippen molar-refractivity contribution >= 4 is 58.3 Å². The molecule has 1 atom stereocenters. The Kier molecular flexibility index (Phi) is 4.97. The number of nitrogens with zero attached hydrogens (tertiary/aromatic N) is 3. The lowest BCUT2D eigenvalue weighted by molar-refractivity contribution is -0.119. The van der Waals surface area contributed by atoms with E-state index >= 15 is 0 Å². The van der Waals surface area contributed by atoms with Crippen LogP contribution in [0.4, 0.5) is 10.5 Å². The number of amides is 3. The van der Waals surface area contributed by atoms with Gasteiger partial charge >= 0.3 is 6.03 Å². The van der Waals surface area contributed by atoms with Crippen LogP contribution in [-0.4, -0.2) is 46.7 Å². The number of halogens is 3.